The lowest BCUT2D eigenvalue weighted by Crippen LogP contribution is -2.34. The average Bonchev–Trinajstić information content (AvgIpc) is 2.19. The second-order valence-corrected chi connectivity index (χ2v) is 5.11. The molecule has 0 heterocycles. The first-order chi connectivity index (χ1) is 7.90. The van der Waals surface area contributed by atoms with Crippen molar-refractivity contribution < 1.29 is 4.79 Å². The minimum atomic E-state index is -0.247. The van der Waals surface area contributed by atoms with Gasteiger partial charge in [-0.05, 0) is 48.0 Å². The van der Waals surface area contributed by atoms with Crippen LogP contribution in [-0.4, -0.2) is 17.1 Å². The lowest BCUT2D eigenvalue weighted by molar-refractivity contribution is 0.250. The molecular formula is C11H14BrN3OS. The summed E-state index contributed by atoms with van der Waals surface area (Å²) in [6.45, 7) is 3.79. The molecule has 0 radical (unpaired) electrons. The van der Waals surface area contributed by atoms with Gasteiger partial charge in [0.15, 0.2) is 0 Å². The molecule has 0 bridgehead atoms. The number of hydrogen-bond donors (Lipinski definition) is 3. The second-order valence-electron chi connectivity index (χ2n) is 3.81. The van der Waals surface area contributed by atoms with Gasteiger partial charge in [0.2, 0.25) is 0 Å². The summed E-state index contributed by atoms with van der Waals surface area (Å²) in [5.74, 6) is 0. The largest absolute Gasteiger partial charge is 0.389 e. The molecule has 6 heteroatoms. The topological polar surface area (TPSA) is 67.2 Å². The van der Waals surface area contributed by atoms with Crippen LogP contribution in [0.2, 0.25) is 0 Å². The maximum atomic E-state index is 11.5. The molecular weight excluding hydrogens is 302 g/mol. The molecule has 1 rings (SSSR count). The van der Waals surface area contributed by atoms with Gasteiger partial charge in [0.1, 0.15) is 4.99 Å². The van der Waals surface area contributed by atoms with E-state index in [4.69, 9.17) is 18.0 Å². The van der Waals surface area contributed by atoms with Gasteiger partial charge in [-0.15, -0.1) is 0 Å². The fraction of sp³-hybridized carbons (Fsp3) is 0.273. The number of anilines is 1. The van der Waals surface area contributed by atoms with E-state index in [1.807, 2.05) is 13.8 Å². The van der Waals surface area contributed by atoms with E-state index in [1.165, 1.54) is 0 Å². The zero-order chi connectivity index (χ0) is 13.0. The molecule has 0 aliphatic heterocycles. The molecule has 0 saturated heterocycles. The van der Waals surface area contributed by atoms with Crippen LogP contribution in [0.3, 0.4) is 0 Å². The maximum Gasteiger partial charge on any atom is 0.319 e. The van der Waals surface area contributed by atoms with Crippen LogP contribution in [0.1, 0.15) is 19.4 Å². The third-order valence-corrected chi connectivity index (χ3v) is 2.81. The Hall–Kier alpha value is -1.14. The first kappa shape index (κ1) is 13.9. The third kappa shape index (κ3) is 4.32. The van der Waals surface area contributed by atoms with E-state index < -0.39 is 0 Å². The molecule has 4 nitrogen and oxygen atoms in total. The number of amides is 2. The number of urea groups is 1. The van der Waals surface area contributed by atoms with Gasteiger partial charge < -0.3 is 16.4 Å². The summed E-state index contributed by atoms with van der Waals surface area (Å²) >= 11 is 8.22. The van der Waals surface area contributed by atoms with Crippen molar-refractivity contribution in [3.63, 3.8) is 0 Å². The van der Waals surface area contributed by atoms with E-state index in [2.05, 4.69) is 26.6 Å². The Morgan fingerprint density at radius 1 is 1.47 bits per heavy atom. The van der Waals surface area contributed by atoms with E-state index in [0.717, 1.165) is 10.0 Å². The van der Waals surface area contributed by atoms with Crippen LogP contribution < -0.4 is 16.4 Å². The number of rotatable bonds is 3. The summed E-state index contributed by atoms with van der Waals surface area (Å²) in [5.41, 5.74) is 6.93. The summed E-state index contributed by atoms with van der Waals surface area (Å²) in [6.07, 6.45) is 0. The molecule has 92 valence electrons. The van der Waals surface area contributed by atoms with Crippen LogP contribution in [-0.2, 0) is 0 Å². The minimum Gasteiger partial charge on any atom is -0.389 e. The van der Waals surface area contributed by atoms with E-state index in [9.17, 15) is 4.79 Å². The predicted octanol–water partition coefficient (Wildman–Crippen LogP) is 2.61. The van der Waals surface area contributed by atoms with Gasteiger partial charge in [-0.2, -0.15) is 0 Å². The van der Waals surface area contributed by atoms with Crippen molar-refractivity contribution in [2.45, 2.75) is 19.9 Å². The van der Waals surface area contributed by atoms with Gasteiger partial charge in [-0.1, -0.05) is 12.2 Å². The van der Waals surface area contributed by atoms with Crippen LogP contribution in [0.25, 0.3) is 0 Å². The normalized spacial score (nSPS) is 10.1. The first-order valence-electron chi connectivity index (χ1n) is 5.07. The van der Waals surface area contributed by atoms with Crippen molar-refractivity contribution in [1.29, 1.82) is 0 Å². The average molecular weight is 316 g/mol. The van der Waals surface area contributed by atoms with Crippen LogP contribution in [0, 0.1) is 0 Å². The summed E-state index contributed by atoms with van der Waals surface area (Å²) in [5, 5.41) is 5.46. The number of nitrogens with one attached hydrogen (secondary N) is 2. The Labute approximate surface area is 114 Å². The zero-order valence-electron chi connectivity index (χ0n) is 9.58. The Morgan fingerprint density at radius 2 is 2.12 bits per heavy atom. The summed E-state index contributed by atoms with van der Waals surface area (Å²) in [7, 11) is 0. The minimum absolute atomic E-state index is 0.0877. The van der Waals surface area contributed by atoms with E-state index >= 15 is 0 Å². The highest BCUT2D eigenvalue weighted by Gasteiger charge is 2.07. The summed E-state index contributed by atoms with van der Waals surface area (Å²) < 4.78 is 0.738. The fourth-order valence-electron chi connectivity index (χ4n) is 1.19. The van der Waals surface area contributed by atoms with Gasteiger partial charge >= 0.3 is 6.03 Å². The maximum absolute atomic E-state index is 11.5. The molecule has 0 fully saturated rings. The quantitative estimate of drug-likeness (QED) is 0.751. The number of nitrogens with two attached hydrogens (primary N) is 1. The Kier molecular flexibility index (Phi) is 4.89. The Bertz CT molecular complexity index is 448. The summed E-state index contributed by atoms with van der Waals surface area (Å²) in [6, 6.07) is 5.12. The van der Waals surface area contributed by atoms with E-state index in [1.54, 1.807) is 18.2 Å². The predicted molar refractivity (Wildman–Crippen MR) is 77.3 cm³/mol. The molecule has 0 aromatic heterocycles. The zero-order valence-corrected chi connectivity index (χ0v) is 12.0. The molecule has 1 aromatic carbocycles. The third-order valence-electron chi connectivity index (χ3n) is 1.92. The van der Waals surface area contributed by atoms with Crippen LogP contribution in [0.15, 0.2) is 22.7 Å². The molecule has 17 heavy (non-hydrogen) atoms. The van der Waals surface area contributed by atoms with E-state index in [-0.39, 0.29) is 12.1 Å². The van der Waals surface area contributed by atoms with Crippen LogP contribution >= 0.6 is 28.1 Å². The van der Waals surface area contributed by atoms with Gasteiger partial charge in [0, 0.05) is 16.1 Å². The number of carbonyl (C=O) groups is 1. The Morgan fingerprint density at radius 3 is 2.59 bits per heavy atom. The lowest BCUT2D eigenvalue weighted by Gasteiger charge is -2.12. The van der Waals surface area contributed by atoms with Gasteiger partial charge in [0.05, 0.1) is 5.69 Å². The first-order valence-corrected chi connectivity index (χ1v) is 6.27. The van der Waals surface area contributed by atoms with Crippen LogP contribution in [0.4, 0.5) is 10.5 Å². The smallest absolute Gasteiger partial charge is 0.319 e. The molecule has 2 amide bonds. The van der Waals surface area contributed by atoms with Crippen LogP contribution in [0.5, 0.6) is 0 Å². The molecule has 0 aliphatic rings. The molecule has 0 atom stereocenters. The van der Waals surface area contributed by atoms with Crippen molar-refractivity contribution in [1.82, 2.24) is 5.32 Å². The highest BCUT2D eigenvalue weighted by atomic mass is 79.9. The molecule has 0 aliphatic carbocycles. The molecule has 0 spiro atoms. The monoisotopic (exact) mass is 315 g/mol. The number of thiocarbonyl (C=S) groups is 1. The van der Waals surface area contributed by atoms with Gasteiger partial charge in [-0.3, -0.25) is 0 Å². The SMILES string of the molecule is CC(C)NC(=O)Nc1ccc(C(N)=S)cc1Br. The Balaban J connectivity index is 2.79. The standard InChI is InChI=1S/C11H14BrN3OS/c1-6(2)14-11(16)15-9-4-3-7(10(13)17)5-8(9)12/h3-6H,1-2H3,(H2,13,17)(H2,14,15,16). The van der Waals surface area contributed by atoms with Gasteiger partial charge in [0.25, 0.3) is 0 Å². The van der Waals surface area contributed by atoms with Crippen molar-refractivity contribution >= 4 is 44.9 Å². The number of benzene rings is 1. The number of hydrogen-bond acceptors (Lipinski definition) is 2. The molecule has 0 unspecified atom stereocenters. The highest BCUT2D eigenvalue weighted by molar-refractivity contribution is 9.10. The lowest BCUT2D eigenvalue weighted by atomic mass is 10.2. The fourth-order valence-corrected chi connectivity index (χ4v) is 1.80. The van der Waals surface area contributed by atoms with Crippen molar-refractivity contribution in [2.75, 3.05) is 5.32 Å². The number of carbonyl (C=O) groups excluding carboxylic acids is 1. The van der Waals surface area contributed by atoms with E-state index in [0.29, 0.717) is 10.7 Å². The molecule has 4 N–H and O–H groups in total. The number of halogens is 1. The van der Waals surface area contributed by atoms with Gasteiger partial charge in [-0.25, -0.2) is 4.79 Å². The summed E-state index contributed by atoms with van der Waals surface area (Å²) in [4.78, 5) is 11.8. The van der Waals surface area contributed by atoms with Crippen molar-refractivity contribution in [3.8, 4) is 0 Å². The second kappa shape index (κ2) is 5.97. The van der Waals surface area contributed by atoms with Crippen molar-refractivity contribution in [2.24, 2.45) is 5.73 Å². The van der Waals surface area contributed by atoms with Crippen molar-refractivity contribution in [3.05, 3.63) is 28.2 Å². The molecule has 1 aromatic rings. The molecule has 0 saturated carbocycles. The highest BCUT2D eigenvalue weighted by Crippen LogP contribution is 2.23.